The number of rotatable bonds is 4. The maximum Gasteiger partial charge on any atom is 0.0641 e. The van der Waals surface area contributed by atoms with Crippen molar-refractivity contribution in [2.45, 2.75) is 33.4 Å². The van der Waals surface area contributed by atoms with Gasteiger partial charge in [0.15, 0.2) is 0 Å². The van der Waals surface area contributed by atoms with Crippen LogP contribution in [-0.4, -0.2) is 9.78 Å². The summed E-state index contributed by atoms with van der Waals surface area (Å²) in [5, 5.41) is 8.00. The third-order valence-electron chi connectivity index (χ3n) is 3.61. The van der Waals surface area contributed by atoms with Crippen LogP contribution in [0.15, 0.2) is 28.7 Å². The summed E-state index contributed by atoms with van der Waals surface area (Å²) in [4.78, 5) is 0. The molecule has 1 aromatic carbocycles. The third-order valence-corrected chi connectivity index (χ3v) is 4.14. The van der Waals surface area contributed by atoms with Crippen molar-refractivity contribution >= 4 is 15.9 Å². The highest BCUT2D eigenvalue weighted by molar-refractivity contribution is 9.10. The van der Waals surface area contributed by atoms with E-state index in [1.807, 2.05) is 11.7 Å². The molecule has 3 nitrogen and oxygen atoms in total. The second-order valence-electron chi connectivity index (χ2n) is 4.93. The fourth-order valence-electron chi connectivity index (χ4n) is 2.20. The lowest BCUT2D eigenvalue weighted by Gasteiger charge is -2.14. The molecular weight excluding hydrogens is 302 g/mol. The van der Waals surface area contributed by atoms with Gasteiger partial charge in [-0.1, -0.05) is 28.1 Å². The first-order chi connectivity index (χ1) is 8.99. The maximum atomic E-state index is 4.44. The van der Waals surface area contributed by atoms with E-state index in [1.165, 1.54) is 16.8 Å². The molecule has 0 aliphatic heterocycles. The van der Waals surface area contributed by atoms with E-state index >= 15 is 0 Å². The highest BCUT2D eigenvalue weighted by atomic mass is 79.9. The molecule has 1 atom stereocenters. The summed E-state index contributed by atoms with van der Waals surface area (Å²) in [6.45, 7) is 7.21. The van der Waals surface area contributed by atoms with Gasteiger partial charge in [-0.3, -0.25) is 4.68 Å². The van der Waals surface area contributed by atoms with E-state index in [0.717, 1.165) is 16.7 Å². The standard InChI is InChI=1S/C15H20BrN3/c1-10(13-5-7-14(16)8-6-13)17-9-15-11(2)18-19(4)12(15)3/h5-8,10,17H,9H2,1-4H3/t10-/m1/s1. The minimum absolute atomic E-state index is 0.326. The van der Waals surface area contributed by atoms with E-state index in [4.69, 9.17) is 0 Å². The molecule has 0 radical (unpaired) electrons. The van der Waals surface area contributed by atoms with E-state index in [9.17, 15) is 0 Å². The first kappa shape index (κ1) is 14.3. The largest absolute Gasteiger partial charge is 0.306 e. The van der Waals surface area contributed by atoms with Crippen molar-refractivity contribution in [3.63, 3.8) is 0 Å². The monoisotopic (exact) mass is 321 g/mol. The van der Waals surface area contributed by atoms with Crippen molar-refractivity contribution < 1.29 is 0 Å². The van der Waals surface area contributed by atoms with Crippen LogP contribution in [0, 0.1) is 13.8 Å². The number of hydrogen-bond donors (Lipinski definition) is 1. The van der Waals surface area contributed by atoms with Crippen molar-refractivity contribution in [1.82, 2.24) is 15.1 Å². The zero-order chi connectivity index (χ0) is 14.0. The van der Waals surface area contributed by atoms with E-state index in [2.05, 4.69) is 71.4 Å². The Hall–Kier alpha value is -1.13. The highest BCUT2D eigenvalue weighted by Gasteiger charge is 2.11. The van der Waals surface area contributed by atoms with Crippen molar-refractivity contribution in [2.24, 2.45) is 7.05 Å². The first-order valence-electron chi connectivity index (χ1n) is 6.47. The lowest BCUT2D eigenvalue weighted by atomic mass is 10.1. The van der Waals surface area contributed by atoms with Gasteiger partial charge in [0.1, 0.15) is 0 Å². The van der Waals surface area contributed by atoms with E-state index in [1.54, 1.807) is 0 Å². The van der Waals surface area contributed by atoms with Crippen molar-refractivity contribution in [3.05, 3.63) is 51.3 Å². The molecule has 1 N–H and O–H groups in total. The lowest BCUT2D eigenvalue weighted by Crippen LogP contribution is -2.18. The normalized spacial score (nSPS) is 12.7. The average molecular weight is 322 g/mol. The SMILES string of the molecule is Cc1nn(C)c(C)c1CN[C@H](C)c1ccc(Br)cc1. The topological polar surface area (TPSA) is 29.9 Å². The van der Waals surface area contributed by atoms with Crippen LogP contribution >= 0.6 is 15.9 Å². The molecule has 0 fully saturated rings. The Balaban J connectivity index is 2.04. The average Bonchev–Trinajstić information content (AvgIpc) is 2.62. The number of nitrogens with one attached hydrogen (secondary N) is 1. The second kappa shape index (κ2) is 5.88. The number of halogens is 1. The summed E-state index contributed by atoms with van der Waals surface area (Å²) in [5.74, 6) is 0. The van der Waals surface area contributed by atoms with Crippen LogP contribution in [0.4, 0.5) is 0 Å². The fraction of sp³-hybridized carbons (Fsp3) is 0.400. The molecule has 4 heteroatoms. The predicted molar refractivity (Wildman–Crippen MR) is 82.1 cm³/mol. The zero-order valence-corrected chi connectivity index (χ0v) is 13.5. The Bertz CT molecular complexity index is 558. The van der Waals surface area contributed by atoms with Crippen LogP contribution in [0.25, 0.3) is 0 Å². The molecule has 0 aliphatic rings. The Morgan fingerprint density at radius 3 is 2.42 bits per heavy atom. The molecule has 2 rings (SSSR count). The molecule has 0 amide bonds. The molecule has 0 saturated heterocycles. The quantitative estimate of drug-likeness (QED) is 0.931. The van der Waals surface area contributed by atoms with Crippen LogP contribution in [0.5, 0.6) is 0 Å². The second-order valence-corrected chi connectivity index (χ2v) is 5.84. The molecule has 1 aromatic heterocycles. The number of benzene rings is 1. The number of aryl methyl sites for hydroxylation is 2. The molecule has 19 heavy (non-hydrogen) atoms. The molecule has 2 aromatic rings. The molecular formula is C15H20BrN3. The van der Waals surface area contributed by atoms with Gasteiger partial charge in [-0.25, -0.2) is 0 Å². The van der Waals surface area contributed by atoms with Crippen molar-refractivity contribution in [2.75, 3.05) is 0 Å². The van der Waals surface area contributed by atoms with Gasteiger partial charge in [-0.15, -0.1) is 0 Å². The molecule has 0 aliphatic carbocycles. The smallest absolute Gasteiger partial charge is 0.0641 e. The maximum absolute atomic E-state index is 4.44. The van der Waals surface area contributed by atoms with Gasteiger partial charge in [0, 0.05) is 35.4 Å². The third kappa shape index (κ3) is 3.25. The zero-order valence-electron chi connectivity index (χ0n) is 11.9. The minimum Gasteiger partial charge on any atom is -0.306 e. The predicted octanol–water partition coefficient (Wildman–Crippen LogP) is 3.65. The molecule has 0 unspecified atom stereocenters. The van der Waals surface area contributed by atoms with E-state index in [0.29, 0.717) is 6.04 Å². The van der Waals surface area contributed by atoms with E-state index < -0.39 is 0 Å². The molecule has 102 valence electrons. The summed E-state index contributed by atoms with van der Waals surface area (Å²) in [5.41, 5.74) is 4.93. The number of nitrogens with zero attached hydrogens (tertiary/aromatic N) is 2. The Kier molecular flexibility index (Phi) is 4.42. The Labute approximate surface area is 123 Å². The summed E-state index contributed by atoms with van der Waals surface area (Å²) in [7, 11) is 1.99. The van der Waals surface area contributed by atoms with Gasteiger partial charge in [-0.05, 0) is 38.5 Å². The van der Waals surface area contributed by atoms with Gasteiger partial charge >= 0.3 is 0 Å². The Morgan fingerprint density at radius 2 is 1.89 bits per heavy atom. The fourth-order valence-corrected chi connectivity index (χ4v) is 2.46. The first-order valence-corrected chi connectivity index (χ1v) is 7.26. The summed E-state index contributed by atoms with van der Waals surface area (Å²) in [6, 6.07) is 8.77. The van der Waals surface area contributed by atoms with Crippen molar-refractivity contribution in [3.8, 4) is 0 Å². The van der Waals surface area contributed by atoms with Gasteiger partial charge in [0.25, 0.3) is 0 Å². The van der Waals surface area contributed by atoms with Crippen LogP contribution < -0.4 is 5.32 Å². The molecule has 1 heterocycles. The summed E-state index contributed by atoms with van der Waals surface area (Å²) in [6.07, 6.45) is 0. The van der Waals surface area contributed by atoms with Crippen molar-refractivity contribution in [1.29, 1.82) is 0 Å². The molecule has 0 spiro atoms. The molecule has 0 bridgehead atoms. The highest BCUT2D eigenvalue weighted by Crippen LogP contribution is 2.18. The summed E-state index contributed by atoms with van der Waals surface area (Å²) >= 11 is 3.46. The van der Waals surface area contributed by atoms with Crippen LogP contribution in [-0.2, 0) is 13.6 Å². The van der Waals surface area contributed by atoms with Gasteiger partial charge in [-0.2, -0.15) is 5.10 Å². The van der Waals surface area contributed by atoms with Crippen LogP contribution in [0.2, 0.25) is 0 Å². The molecule has 0 saturated carbocycles. The number of hydrogen-bond acceptors (Lipinski definition) is 2. The van der Waals surface area contributed by atoms with Crippen LogP contribution in [0.1, 0.15) is 35.5 Å². The van der Waals surface area contributed by atoms with Crippen LogP contribution in [0.3, 0.4) is 0 Å². The van der Waals surface area contributed by atoms with E-state index in [-0.39, 0.29) is 0 Å². The van der Waals surface area contributed by atoms with Gasteiger partial charge in [0.2, 0.25) is 0 Å². The summed E-state index contributed by atoms with van der Waals surface area (Å²) < 4.78 is 3.05. The minimum atomic E-state index is 0.326. The van der Waals surface area contributed by atoms with Gasteiger partial charge < -0.3 is 5.32 Å². The number of aromatic nitrogens is 2. The van der Waals surface area contributed by atoms with Gasteiger partial charge in [0.05, 0.1) is 5.69 Å². The lowest BCUT2D eigenvalue weighted by molar-refractivity contribution is 0.571. The Morgan fingerprint density at radius 1 is 1.26 bits per heavy atom.